The van der Waals surface area contributed by atoms with Crippen LogP contribution in [-0.4, -0.2) is 22.9 Å². The standard InChI is InChI=1S/C31H28FNO5/c1-3-37-31(36)25-16-24(20-14-15-20)28-19(2)23(26(32)18-33(28)30(25)35)17-27(34)38-29(21-10-6-4-7-11-21)22-12-8-5-9-13-22/h4-13,16,18,20,29H,3,14-15,17H2,1-2H3. The number of fused-ring (bicyclic) bond motifs is 1. The molecule has 2 aromatic carbocycles. The van der Waals surface area contributed by atoms with Crippen LogP contribution >= 0.6 is 0 Å². The van der Waals surface area contributed by atoms with Gasteiger partial charge in [0, 0.05) is 11.8 Å². The molecule has 2 heterocycles. The molecular formula is C31H28FNO5. The molecule has 5 rings (SSSR count). The number of ether oxygens (including phenoxy) is 2. The predicted molar refractivity (Wildman–Crippen MR) is 141 cm³/mol. The second-order valence-electron chi connectivity index (χ2n) is 9.48. The molecule has 0 spiro atoms. The number of carbonyl (C=O) groups is 2. The number of carbonyl (C=O) groups excluding carboxylic acids is 2. The van der Waals surface area contributed by atoms with Gasteiger partial charge in [-0.2, -0.15) is 0 Å². The Hall–Kier alpha value is -4.26. The Morgan fingerprint density at radius 3 is 2.18 bits per heavy atom. The van der Waals surface area contributed by atoms with Gasteiger partial charge in [0.2, 0.25) is 0 Å². The third-order valence-electron chi connectivity index (χ3n) is 6.89. The molecule has 7 heteroatoms. The van der Waals surface area contributed by atoms with Crippen molar-refractivity contribution in [3.8, 4) is 0 Å². The summed E-state index contributed by atoms with van der Waals surface area (Å²) in [5, 5.41) is 0. The van der Waals surface area contributed by atoms with Crippen molar-refractivity contribution >= 4 is 17.5 Å². The molecule has 0 atom stereocenters. The molecule has 0 unspecified atom stereocenters. The van der Waals surface area contributed by atoms with Crippen LogP contribution in [0.2, 0.25) is 0 Å². The second kappa shape index (κ2) is 10.6. The van der Waals surface area contributed by atoms with Gasteiger partial charge >= 0.3 is 11.9 Å². The first-order valence-electron chi connectivity index (χ1n) is 12.7. The number of halogens is 1. The largest absolute Gasteiger partial charge is 0.462 e. The van der Waals surface area contributed by atoms with Gasteiger partial charge in [-0.1, -0.05) is 60.7 Å². The molecule has 0 aliphatic heterocycles. The third-order valence-corrected chi connectivity index (χ3v) is 6.89. The quantitative estimate of drug-likeness (QED) is 0.284. The van der Waals surface area contributed by atoms with Gasteiger partial charge < -0.3 is 9.47 Å². The predicted octanol–water partition coefficient (Wildman–Crippen LogP) is 5.68. The van der Waals surface area contributed by atoms with E-state index in [4.69, 9.17) is 9.47 Å². The van der Waals surface area contributed by atoms with Gasteiger partial charge in [-0.25, -0.2) is 9.18 Å². The molecule has 1 aliphatic carbocycles. The highest BCUT2D eigenvalue weighted by atomic mass is 19.1. The maximum Gasteiger partial charge on any atom is 0.343 e. The Labute approximate surface area is 219 Å². The molecule has 1 aliphatic rings. The Balaban J connectivity index is 1.53. The molecule has 0 N–H and O–H groups in total. The maximum atomic E-state index is 15.4. The Morgan fingerprint density at radius 1 is 1.03 bits per heavy atom. The fourth-order valence-corrected chi connectivity index (χ4v) is 4.87. The van der Waals surface area contributed by atoms with Crippen molar-refractivity contribution in [2.45, 2.75) is 45.1 Å². The van der Waals surface area contributed by atoms with Crippen LogP contribution in [0.3, 0.4) is 0 Å². The smallest absolute Gasteiger partial charge is 0.343 e. The van der Waals surface area contributed by atoms with Crippen molar-refractivity contribution in [2.24, 2.45) is 0 Å². The number of hydrogen-bond donors (Lipinski definition) is 0. The van der Waals surface area contributed by atoms with Gasteiger partial charge in [-0.05, 0) is 60.9 Å². The SMILES string of the molecule is CCOC(=O)c1cc(C2CC2)c2c(C)c(CC(=O)OC(c3ccccc3)c3ccccc3)c(F)cn2c1=O. The fraction of sp³-hybridized carbons (Fsp3) is 0.258. The average molecular weight is 514 g/mol. The van der Waals surface area contributed by atoms with E-state index in [1.54, 1.807) is 19.9 Å². The minimum absolute atomic E-state index is 0.120. The highest BCUT2D eigenvalue weighted by Crippen LogP contribution is 2.43. The summed E-state index contributed by atoms with van der Waals surface area (Å²) >= 11 is 0. The van der Waals surface area contributed by atoms with Crippen LogP contribution < -0.4 is 5.56 Å². The molecule has 0 radical (unpaired) electrons. The van der Waals surface area contributed by atoms with Gasteiger partial charge in [-0.3, -0.25) is 14.0 Å². The average Bonchev–Trinajstić information content (AvgIpc) is 3.77. The second-order valence-corrected chi connectivity index (χ2v) is 9.48. The van der Waals surface area contributed by atoms with Crippen LogP contribution in [-0.2, 0) is 20.7 Å². The summed E-state index contributed by atoms with van der Waals surface area (Å²) in [6, 6.07) is 20.3. The minimum Gasteiger partial charge on any atom is -0.462 e. The van der Waals surface area contributed by atoms with Gasteiger partial charge in [0.25, 0.3) is 5.56 Å². The number of benzene rings is 2. The normalized spacial score (nSPS) is 13.1. The summed E-state index contributed by atoms with van der Waals surface area (Å²) in [5.74, 6) is -1.88. The van der Waals surface area contributed by atoms with E-state index >= 15 is 4.39 Å². The topological polar surface area (TPSA) is 74.1 Å². The summed E-state index contributed by atoms with van der Waals surface area (Å²) in [7, 11) is 0. The number of esters is 2. The molecule has 0 bridgehead atoms. The van der Waals surface area contributed by atoms with Gasteiger partial charge in [0.05, 0.1) is 18.5 Å². The number of hydrogen-bond acceptors (Lipinski definition) is 5. The van der Waals surface area contributed by atoms with Crippen molar-refractivity contribution in [1.82, 2.24) is 4.40 Å². The first-order valence-corrected chi connectivity index (χ1v) is 12.7. The minimum atomic E-state index is -0.729. The molecule has 2 aromatic heterocycles. The van der Waals surface area contributed by atoms with E-state index in [1.807, 2.05) is 60.7 Å². The fourth-order valence-electron chi connectivity index (χ4n) is 4.87. The molecule has 1 fully saturated rings. The van der Waals surface area contributed by atoms with E-state index in [0.29, 0.717) is 11.1 Å². The van der Waals surface area contributed by atoms with Crippen molar-refractivity contribution in [3.63, 3.8) is 0 Å². The van der Waals surface area contributed by atoms with E-state index < -0.39 is 29.4 Å². The molecule has 0 saturated heterocycles. The first-order chi connectivity index (χ1) is 18.4. The number of nitrogens with zero attached hydrogens (tertiary/aromatic N) is 1. The molecule has 4 aromatic rings. The van der Waals surface area contributed by atoms with Gasteiger partial charge in [0.1, 0.15) is 11.4 Å². The highest BCUT2D eigenvalue weighted by Gasteiger charge is 2.31. The lowest BCUT2D eigenvalue weighted by Gasteiger charge is -2.20. The number of pyridine rings is 2. The van der Waals surface area contributed by atoms with E-state index in [1.165, 1.54) is 4.40 Å². The maximum absolute atomic E-state index is 15.4. The van der Waals surface area contributed by atoms with Crippen molar-refractivity contribution in [2.75, 3.05) is 6.61 Å². The lowest BCUT2D eigenvalue weighted by atomic mass is 9.98. The van der Waals surface area contributed by atoms with Crippen LogP contribution in [0.5, 0.6) is 0 Å². The number of aromatic nitrogens is 1. The van der Waals surface area contributed by atoms with Crippen LogP contribution in [0.15, 0.2) is 77.7 Å². The van der Waals surface area contributed by atoms with Crippen molar-refractivity contribution in [1.29, 1.82) is 0 Å². The van der Waals surface area contributed by atoms with Gasteiger partial charge in [0.15, 0.2) is 6.10 Å². The number of aryl methyl sites for hydroxylation is 1. The summed E-state index contributed by atoms with van der Waals surface area (Å²) < 4.78 is 27.6. The summed E-state index contributed by atoms with van der Waals surface area (Å²) in [4.78, 5) is 38.8. The van der Waals surface area contributed by atoms with E-state index in [-0.39, 0.29) is 30.1 Å². The summed E-state index contributed by atoms with van der Waals surface area (Å²) in [6.45, 7) is 3.48. The molecule has 6 nitrogen and oxygen atoms in total. The van der Waals surface area contributed by atoms with Crippen LogP contribution in [0.25, 0.3) is 5.52 Å². The molecule has 0 amide bonds. The zero-order chi connectivity index (χ0) is 26.8. The zero-order valence-electron chi connectivity index (χ0n) is 21.3. The molecular weight excluding hydrogens is 485 g/mol. The molecule has 194 valence electrons. The highest BCUT2D eigenvalue weighted by molar-refractivity contribution is 5.90. The number of rotatable bonds is 8. The molecule has 1 saturated carbocycles. The van der Waals surface area contributed by atoms with Crippen LogP contribution in [0.4, 0.5) is 4.39 Å². The van der Waals surface area contributed by atoms with E-state index in [9.17, 15) is 14.4 Å². The van der Waals surface area contributed by atoms with Crippen molar-refractivity contribution < 1.29 is 23.5 Å². The summed E-state index contributed by atoms with van der Waals surface area (Å²) in [5.41, 5.74) is 2.79. The van der Waals surface area contributed by atoms with E-state index in [0.717, 1.165) is 35.7 Å². The third kappa shape index (κ3) is 4.96. The first kappa shape index (κ1) is 25.4. The molecule has 38 heavy (non-hydrogen) atoms. The zero-order valence-corrected chi connectivity index (χ0v) is 21.3. The van der Waals surface area contributed by atoms with Crippen molar-refractivity contribution in [3.05, 3.63) is 122 Å². The lowest BCUT2D eigenvalue weighted by molar-refractivity contribution is -0.146. The Kier molecular flexibility index (Phi) is 7.09. The lowest BCUT2D eigenvalue weighted by Crippen LogP contribution is -2.26. The van der Waals surface area contributed by atoms with Gasteiger partial charge in [-0.15, -0.1) is 0 Å². The Bertz CT molecular complexity index is 1520. The van der Waals surface area contributed by atoms with E-state index in [2.05, 4.69) is 0 Å². The van der Waals surface area contributed by atoms with Crippen LogP contribution in [0.1, 0.15) is 70.0 Å². The van der Waals surface area contributed by atoms with Crippen LogP contribution in [0, 0.1) is 12.7 Å². The Morgan fingerprint density at radius 2 is 1.63 bits per heavy atom. The summed E-state index contributed by atoms with van der Waals surface area (Å²) in [6.07, 6.45) is 1.92. The monoisotopic (exact) mass is 513 g/mol.